The average molecular weight is 352 g/mol. The van der Waals surface area contributed by atoms with Crippen molar-refractivity contribution in [2.45, 2.75) is 12.0 Å². The van der Waals surface area contributed by atoms with Crippen LogP contribution in [0.4, 0.5) is 0 Å². The maximum atomic E-state index is 10.3. The average Bonchev–Trinajstić information content (AvgIpc) is 1.76. The van der Waals surface area contributed by atoms with E-state index in [-0.39, 0.29) is 59.1 Å². The van der Waals surface area contributed by atoms with Crippen molar-refractivity contribution in [3.8, 4) is 0 Å². The molecule has 18 heavy (non-hydrogen) atoms. The normalized spacial score (nSPS) is 12.5. The van der Waals surface area contributed by atoms with Gasteiger partial charge in [-0.1, -0.05) is 0 Å². The number of aliphatic hydroxyl groups is 1. The standard InChI is InChI=1S/C2H8O7P2.2Na.H3O4P.2H/c1-2(3,10(4,5)6)11(7,8)9;;;1-5(2,3)4;;/h3H,1H3,(H2,4,5,6)(H2,7,8,9);;;(H3,1,2,3,4);;. The third-order valence-corrected chi connectivity index (χ3v) is 4.87. The van der Waals surface area contributed by atoms with Crippen LogP contribution in [0.5, 0.6) is 0 Å². The van der Waals surface area contributed by atoms with E-state index in [1.165, 1.54) is 0 Å². The van der Waals surface area contributed by atoms with Crippen LogP contribution < -0.4 is 0 Å². The molecular formula is C2H13Na2O11P3. The maximum absolute atomic E-state index is 10.3. The van der Waals surface area contributed by atoms with Gasteiger partial charge in [-0.2, -0.15) is 0 Å². The fourth-order valence-corrected chi connectivity index (χ4v) is 1.53. The first-order chi connectivity index (χ1) is 6.50. The Hall–Kier alpha value is 2.37. The third kappa shape index (κ3) is 13.4. The van der Waals surface area contributed by atoms with Crippen LogP contribution in [0.3, 0.4) is 0 Å². The van der Waals surface area contributed by atoms with Crippen molar-refractivity contribution in [3.05, 3.63) is 0 Å². The van der Waals surface area contributed by atoms with Crippen molar-refractivity contribution in [1.82, 2.24) is 0 Å². The zero-order valence-corrected chi connectivity index (χ0v) is 10.3. The molecule has 0 rings (SSSR count). The van der Waals surface area contributed by atoms with E-state index in [2.05, 4.69) is 0 Å². The fourth-order valence-electron chi connectivity index (χ4n) is 0.170. The van der Waals surface area contributed by atoms with Gasteiger partial charge in [0.25, 0.3) is 5.08 Å². The summed E-state index contributed by atoms with van der Waals surface area (Å²) in [6.45, 7) is 0.383. The minimum absolute atomic E-state index is 0. The van der Waals surface area contributed by atoms with Gasteiger partial charge in [0.1, 0.15) is 0 Å². The van der Waals surface area contributed by atoms with E-state index in [9.17, 15) is 9.13 Å². The van der Waals surface area contributed by atoms with Crippen LogP contribution in [0.15, 0.2) is 0 Å². The minimum atomic E-state index is -5.20. The van der Waals surface area contributed by atoms with Crippen molar-refractivity contribution in [1.29, 1.82) is 0 Å². The van der Waals surface area contributed by atoms with Gasteiger partial charge in [0.15, 0.2) is 0 Å². The molecule has 0 saturated carbocycles. The molecule has 0 aliphatic rings. The van der Waals surface area contributed by atoms with Gasteiger partial charge in [-0.25, -0.2) is 4.57 Å². The molecule has 0 aliphatic carbocycles. The van der Waals surface area contributed by atoms with Crippen molar-refractivity contribution in [3.63, 3.8) is 0 Å². The van der Waals surface area contributed by atoms with E-state index in [1.807, 2.05) is 0 Å². The van der Waals surface area contributed by atoms with E-state index in [4.69, 9.17) is 43.9 Å². The molecule has 0 spiro atoms. The summed E-state index contributed by atoms with van der Waals surface area (Å²) in [5.74, 6) is 0. The predicted molar refractivity (Wildman–Crippen MR) is 63.3 cm³/mol. The van der Waals surface area contributed by atoms with E-state index in [0.29, 0.717) is 6.92 Å². The molecule has 0 aromatic heterocycles. The van der Waals surface area contributed by atoms with Gasteiger partial charge in [-0.05, 0) is 6.92 Å². The number of rotatable bonds is 2. The van der Waals surface area contributed by atoms with Crippen LogP contribution in [0.1, 0.15) is 6.92 Å². The molecule has 0 amide bonds. The molecule has 0 radical (unpaired) electrons. The second-order valence-corrected chi connectivity index (χ2v) is 7.87. The molecule has 104 valence electrons. The quantitative estimate of drug-likeness (QED) is 0.183. The molecular weight excluding hydrogens is 339 g/mol. The second-order valence-electron chi connectivity index (χ2n) is 2.57. The summed E-state index contributed by atoms with van der Waals surface area (Å²) < 4.78 is 29.4. The van der Waals surface area contributed by atoms with Gasteiger partial charge in [-0.3, -0.25) is 9.13 Å². The SMILES string of the molecule is CC(O)(P(=O)(O)O)P(=O)(O)O.O=P(O)(O)O.[NaH].[NaH]. The topological polar surface area (TPSA) is 213 Å². The predicted octanol–water partition coefficient (Wildman–Crippen LogP) is -3.22. The summed E-state index contributed by atoms with van der Waals surface area (Å²) in [5, 5.41) is 5.37. The summed E-state index contributed by atoms with van der Waals surface area (Å²) in [6.07, 6.45) is 0. The Morgan fingerprint density at radius 3 is 0.833 bits per heavy atom. The molecule has 0 fully saturated rings. The monoisotopic (exact) mass is 352 g/mol. The first-order valence-corrected chi connectivity index (χ1v) is 7.91. The van der Waals surface area contributed by atoms with Gasteiger partial charge < -0.3 is 39.4 Å². The van der Waals surface area contributed by atoms with Gasteiger partial charge in [-0.15, -0.1) is 0 Å². The molecule has 11 nitrogen and oxygen atoms in total. The van der Waals surface area contributed by atoms with E-state index >= 15 is 0 Å². The van der Waals surface area contributed by atoms with Gasteiger partial charge >= 0.3 is 82.1 Å². The van der Waals surface area contributed by atoms with Crippen LogP contribution in [0.2, 0.25) is 0 Å². The summed E-state index contributed by atoms with van der Waals surface area (Å²) >= 11 is 0. The zero-order chi connectivity index (χ0) is 14.0. The number of phosphoric acid groups is 1. The van der Waals surface area contributed by atoms with Crippen molar-refractivity contribution in [2.75, 3.05) is 0 Å². The third-order valence-electron chi connectivity index (χ3n) is 1.10. The Kier molecular flexibility index (Phi) is 14.9. The Balaban J connectivity index is -0.000000122. The molecule has 0 aliphatic heterocycles. The van der Waals surface area contributed by atoms with E-state index in [0.717, 1.165) is 0 Å². The fraction of sp³-hybridized carbons (Fsp3) is 1.00. The van der Waals surface area contributed by atoms with Crippen molar-refractivity contribution in [2.24, 2.45) is 0 Å². The Morgan fingerprint density at radius 2 is 0.833 bits per heavy atom. The Bertz CT molecular complexity index is 328. The number of hydrogen-bond acceptors (Lipinski definition) is 4. The van der Waals surface area contributed by atoms with Crippen LogP contribution in [0, 0.1) is 0 Å². The van der Waals surface area contributed by atoms with Crippen molar-refractivity contribution < 1.29 is 53.1 Å². The Morgan fingerprint density at radius 1 is 0.722 bits per heavy atom. The summed E-state index contributed by atoms with van der Waals surface area (Å²) in [6, 6.07) is 0. The van der Waals surface area contributed by atoms with E-state index in [1.54, 1.807) is 0 Å². The first kappa shape index (κ1) is 28.5. The molecule has 0 atom stereocenters. The van der Waals surface area contributed by atoms with Gasteiger partial charge in [0.05, 0.1) is 0 Å². The molecule has 16 heteroatoms. The van der Waals surface area contributed by atoms with Gasteiger partial charge in [0.2, 0.25) is 0 Å². The molecule has 0 saturated heterocycles. The summed E-state index contributed by atoms with van der Waals surface area (Å²) in [4.78, 5) is 54.6. The van der Waals surface area contributed by atoms with Crippen molar-refractivity contribution >= 4 is 82.1 Å². The Labute approximate surface area is 146 Å². The molecule has 0 heterocycles. The van der Waals surface area contributed by atoms with Crippen LogP contribution in [0.25, 0.3) is 0 Å². The second kappa shape index (κ2) is 9.40. The number of hydrogen-bond donors (Lipinski definition) is 8. The zero-order valence-electron chi connectivity index (χ0n) is 7.64. The van der Waals surface area contributed by atoms with E-state index < -0.39 is 28.1 Å². The van der Waals surface area contributed by atoms with Crippen LogP contribution in [-0.2, 0) is 13.7 Å². The van der Waals surface area contributed by atoms with Gasteiger partial charge in [0, 0.05) is 0 Å². The molecule has 0 aromatic rings. The summed E-state index contributed by atoms with van der Waals surface area (Å²) in [7, 11) is -15.0. The molecule has 0 unspecified atom stereocenters. The van der Waals surface area contributed by atoms with Crippen LogP contribution >= 0.6 is 23.0 Å². The molecule has 0 aromatic carbocycles. The molecule has 0 bridgehead atoms. The molecule has 8 N–H and O–H groups in total. The first-order valence-electron chi connectivity index (χ1n) is 3.12. The van der Waals surface area contributed by atoms with Crippen LogP contribution in [-0.4, -0.2) is 104 Å². The summed E-state index contributed by atoms with van der Waals surface area (Å²) in [5.41, 5.74) is 0.